The van der Waals surface area contributed by atoms with Gasteiger partial charge in [-0.1, -0.05) is 17.7 Å². The second kappa shape index (κ2) is 5.80. The maximum Gasteiger partial charge on any atom is 0.128 e. The number of nitrogens with one attached hydrogen (secondary N) is 1. The molecular weight excluding hydrogens is 246 g/mol. The van der Waals surface area contributed by atoms with Crippen molar-refractivity contribution >= 4 is 5.69 Å². The van der Waals surface area contributed by atoms with Gasteiger partial charge in [0, 0.05) is 17.8 Å². The summed E-state index contributed by atoms with van der Waals surface area (Å²) >= 11 is 0. The minimum Gasteiger partial charge on any atom is -0.377 e. The molecule has 0 aliphatic rings. The Labute approximate surface area is 111 Å². The van der Waals surface area contributed by atoms with Crippen LogP contribution in [-0.2, 0) is 0 Å². The van der Waals surface area contributed by atoms with Gasteiger partial charge in [-0.25, -0.2) is 8.78 Å². The lowest BCUT2D eigenvalue weighted by molar-refractivity contribution is 0.572. The van der Waals surface area contributed by atoms with Crippen LogP contribution in [-0.4, -0.2) is 6.54 Å². The second-order valence-corrected chi connectivity index (χ2v) is 4.46. The zero-order chi connectivity index (χ0) is 13.8. The summed E-state index contributed by atoms with van der Waals surface area (Å²) in [6, 6.07) is 10.6. The molecule has 0 fully saturated rings. The van der Waals surface area contributed by atoms with E-state index in [0.29, 0.717) is 0 Å². The third kappa shape index (κ3) is 3.29. The Morgan fingerprint density at radius 2 is 1.79 bits per heavy atom. The quantitative estimate of drug-likeness (QED) is 0.886. The van der Waals surface area contributed by atoms with Crippen LogP contribution in [0.25, 0.3) is 0 Å². The number of nitrogens with two attached hydrogens (primary N) is 1. The SMILES string of the molecule is Cc1ccc(NC(CN)c2cc(F)ccc2F)cc1. The van der Waals surface area contributed by atoms with Gasteiger partial charge in [0.25, 0.3) is 0 Å². The molecule has 19 heavy (non-hydrogen) atoms. The van der Waals surface area contributed by atoms with Gasteiger partial charge in [-0.05, 0) is 37.3 Å². The maximum atomic E-state index is 13.7. The molecule has 0 bridgehead atoms. The Bertz CT molecular complexity index is 553. The Morgan fingerprint density at radius 1 is 1.11 bits per heavy atom. The topological polar surface area (TPSA) is 38.0 Å². The zero-order valence-electron chi connectivity index (χ0n) is 10.7. The van der Waals surface area contributed by atoms with E-state index >= 15 is 0 Å². The van der Waals surface area contributed by atoms with Gasteiger partial charge in [0.05, 0.1) is 6.04 Å². The number of rotatable bonds is 4. The highest BCUT2D eigenvalue weighted by atomic mass is 19.1. The number of halogens is 2. The average Bonchev–Trinajstić information content (AvgIpc) is 2.41. The second-order valence-electron chi connectivity index (χ2n) is 4.46. The van der Waals surface area contributed by atoms with Crippen LogP contribution in [0.15, 0.2) is 42.5 Å². The fourth-order valence-electron chi connectivity index (χ4n) is 1.90. The highest BCUT2D eigenvalue weighted by molar-refractivity contribution is 5.47. The Kier molecular flexibility index (Phi) is 4.12. The molecule has 0 saturated heterocycles. The van der Waals surface area contributed by atoms with Crippen LogP contribution >= 0.6 is 0 Å². The lowest BCUT2D eigenvalue weighted by Gasteiger charge is -2.19. The van der Waals surface area contributed by atoms with Crippen LogP contribution in [0.4, 0.5) is 14.5 Å². The van der Waals surface area contributed by atoms with Crippen LogP contribution in [0.1, 0.15) is 17.2 Å². The first-order chi connectivity index (χ1) is 9.10. The molecule has 0 radical (unpaired) electrons. The number of aryl methyl sites for hydroxylation is 1. The average molecular weight is 262 g/mol. The van der Waals surface area contributed by atoms with Crippen molar-refractivity contribution in [2.75, 3.05) is 11.9 Å². The molecule has 1 atom stereocenters. The van der Waals surface area contributed by atoms with E-state index in [4.69, 9.17) is 5.73 Å². The largest absolute Gasteiger partial charge is 0.377 e. The number of benzene rings is 2. The normalized spacial score (nSPS) is 12.2. The molecule has 0 heterocycles. The van der Waals surface area contributed by atoms with Crippen molar-refractivity contribution in [3.05, 3.63) is 65.2 Å². The molecule has 0 aliphatic carbocycles. The first-order valence-corrected chi connectivity index (χ1v) is 6.08. The number of anilines is 1. The molecule has 0 amide bonds. The molecule has 0 spiro atoms. The van der Waals surface area contributed by atoms with Crippen LogP contribution in [0.3, 0.4) is 0 Å². The smallest absolute Gasteiger partial charge is 0.128 e. The van der Waals surface area contributed by atoms with E-state index in [1.54, 1.807) is 0 Å². The minimum atomic E-state index is -0.472. The summed E-state index contributed by atoms with van der Waals surface area (Å²) in [7, 11) is 0. The first-order valence-electron chi connectivity index (χ1n) is 6.08. The Morgan fingerprint density at radius 3 is 2.42 bits per heavy atom. The molecule has 100 valence electrons. The lowest BCUT2D eigenvalue weighted by atomic mass is 10.1. The number of hydrogen-bond acceptors (Lipinski definition) is 2. The van der Waals surface area contributed by atoms with Crippen LogP contribution < -0.4 is 11.1 Å². The van der Waals surface area contributed by atoms with Gasteiger partial charge in [-0.3, -0.25) is 0 Å². The molecular formula is C15H16F2N2. The fourth-order valence-corrected chi connectivity index (χ4v) is 1.90. The molecule has 2 aromatic rings. The van der Waals surface area contributed by atoms with Crippen molar-refractivity contribution in [1.82, 2.24) is 0 Å². The Balaban J connectivity index is 2.24. The van der Waals surface area contributed by atoms with Crippen molar-refractivity contribution in [2.24, 2.45) is 5.73 Å². The number of hydrogen-bond donors (Lipinski definition) is 2. The van der Waals surface area contributed by atoms with Gasteiger partial charge in [0.1, 0.15) is 11.6 Å². The minimum absolute atomic E-state index is 0.175. The van der Waals surface area contributed by atoms with E-state index in [1.807, 2.05) is 31.2 Å². The van der Waals surface area contributed by atoms with Gasteiger partial charge in [0.15, 0.2) is 0 Å². The molecule has 0 aliphatic heterocycles. The van der Waals surface area contributed by atoms with Gasteiger partial charge in [0.2, 0.25) is 0 Å². The lowest BCUT2D eigenvalue weighted by Crippen LogP contribution is -2.21. The highest BCUT2D eigenvalue weighted by Gasteiger charge is 2.15. The van der Waals surface area contributed by atoms with E-state index in [2.05, 4.69) is 5.32 Å². The summed E-state index contributed by atoms with van der Waals surface area (Å²) in [5.74, 6) is -0.933. The molecule has 1 unspecified atom stereocenters. The van der Waals surface area contributed by atoms with Gasteiger partial charge < -0.3 is 11.1 Å². The third-order valence-corrected chi connectivity index (χ3v) is 2.96. The molecule has 3 N–H and O–H groups in total. The Hall–Kier alpha value is -1.94. The monoisotopic (exact) mass is 262 g/mol. The van der Waals surface area contributed by atoms with E-state index in [1.165, 1.54) is 6.07 Å². The van der Waals surface area contributed by atoms with Gasteiger partial charge >= 0.3 is 0 Å². The molecule has 0 aromatic heterocycles. The van der Waals surface area contributed by atoms with E-state index < -0.39 is 17.7 Å². The first kappa shape index (κ1) is 13.5. The van der Waals surface area contributed by atoms with Gasteiger partial charge in [-0.2, -0.15) is 0 Å². The van der Waals surface area contributed by atoms with Gasteiger partial charge in [-0.15, -0.1) is 0 Å². The van der Waals surface area contributed by atoms with Crippen molar-refractivity contribution in [3.8, 4) is 0 Å². The molecule has 2 nitrogen and oxygen atoms in total. The highest BCUT2D eigenvalue weighted by Crippen LogP contribution is 2.22. The van der Waals surface area contributed by atoms with E-state index in [9.17, 15) is 8.78 Å². The zero-order valence-corrected chi connectivity index (χ0v) is 10.7. The molecule has 2 rings (SSSR count). The summed E-state index contributed by atoms with van der Waals surface area (Å²) < 4.78 is 26.9. The standard InChI is InChI=1S/C15H16F2N2/c1-10-2-5-12(6-3-10)19-15(9-18)13-8-11(16)4-7-14(13)17/h2-8,15,19H,9,18H2,1H3. The summed E-state index contributed by atoms with van der Waals surface area (Å²) in [6.45, 7) is 2.16. The van der Waals surface area contributed by atoms with Crippen LogP contribution in [0, 0.1) is 18.6 Å². The third-order valence-electron chi connectivity index (χ3n) is 2.96. The summed E-state index contributed by atoms with van der Waals surface area (Å²) in [4.78, 5) is 0. The van der Waals surface area contributed by atoms with Crippen molar-refractivity contribution in [2.45, 2.75) is 13.0 Å². The maximum absolute atomic E-state index is 13.7. The van der Waals surface area contributed by atoms with Crippen molar-refractivity contribution in [3.63, 3.8) is 0 Å². The summed E-state index contributed by atoms with van der Waals surface area (Å²) in [5.41, 5.74) is 7.84. The van der Waals surface area contributed by atoms with Crippen molar-refractivity contribution < 1.29 is 8.78 Å². The molecule has 4 heteroatoms. The van der Waals surface area contributed by atoms with E-state index in [-0.39, 0.29) is 12.1 Å². The fraction of sp³-hybridized carbons (Fsp3) is 0.200. The molecule has 0 saturated carbocycles. The summed E-state index contributed by atoms with van der Waals surface area (Å²) in [6.07, 6.45) is 0. The predicted molar refractivity (Wildman–Crippen MR) is 73.0 cm³/mol. The van der Waals surface area contributed by atoms with E-state index in [0.717, 1.165) is 23.4 Å². The van der Waals surface area contributed by atoms with Crippen LogP contribution in [0.2, 0.25) is 0 Å². The molecule has 2 aromatic carbocycles. The predicted octanol–water partition coefficient (Wildman–Crippen LogP) is 3.39. The van der Waals surface area contributed by atoms with Crippen LogP contribution in [0.5, 0.6) is 0 Å². The summed E-state index contributed by atoms with van der Waals surface area (Å²) in [5, 5.41) is 3.11. The van der Waals surface area contributed by atoms with Crippen molar-refractivity contribution in [1.29, 1.82) is 0 Å².